The quantitative estimate of drug-likeness (QED) is 0.793. The predicted octanol–water partition coefficient (Wildman–Crippen LogP) is 1.58. The van der Waals surface area contributed by atoms with Gasteiger partial charge in [0.15, 0.2) is 0 Å². The van der Waals surface area contributed by atoms with Gasteiger partial charge in [-0.1, -0.05) is 0 Å². The molecule has 0 aliphatic heterocycles. The molecule has 0 radical (unpaired) electrons. The number of benzene rings is 1. The van der Waals surface area contributed by atoms with Crippen LogP contribution in [0.3, 0.4) is 0 Å². The molecule has 5 nitrogen and oxygen atoms in total. The molecule has 0 unspecified atom stereocenters. The summed E-state index contributed by atoms with van der Waals surface area (Å²) < 4.78 is 5.48. The zero-order valence-corrected chi connectivity index (χ0v) is 12.1. The Hall–Kier alpha value is -1.91. The van der Waals surface area contributed by atoms with Crippen molar-refractivity contribution in [1.82, 2.24) is 4.90 Å². The molecule has 0 aliphatic carbocycles. The van der Waals surface area contributed by atoms with E-state index >= 15 is 0 Å². The van der Waals surface area contributed by atoms with Crippen molar-refractivity contribution in [1.29, 1.82) is 0 Å². The van der Waals surface area contributed by atoms with Crippen LogP contribution >= 0.6 is 0 Å². The van der Waals surface area contributed by atoms with Gasteiger partial charge in [0.25, 0.3) is 0 Å². The van der Waals surface area contributed by atoms with E-state index in [0.717, 1.165) is 12.2 Å². The highest BCUT2D eigenvalue weighted by atomic mass is 16.5. The molecule has 5 heteroatoms. The van der Waals surface area contributed by atoms with Crippen LogP contribution in [0.2, 0.25) is 0 Å². The van der Waals surface area contributed by atoms with E-state index < -0.39 is 0 Å². The van der Waals surface area contributed by atoms with Crippen LogP contribution < -0.4 is 15.4 Å². The highest BCUT2D eigenvalue weighted by Gasteiger charge is 2.13. The number of ether oxygens (including phenoxy) is 1. The van der Waals surface area contributed by atoms with Gasteiger partial charge in [0.05, 0.1) is 18.8 Å². The van der Waals surface area contributed by atoms with Crippen molar-refractivity contribution in [3.63, 3.8) is 0 Å². The van der Waals surface area contributed by atoms with E-state index in [2.05, 4.69) is 0 Å². The highest BCUT2D eigenvalue weighted by Crippen LogP contribution is 2.27. The fraction of sp³-hybridized carbons (Fsp3) is 0.500. The van der Waals surface area contributed by atoms with Crippen LogP contribution in [-0.2, 0) is 4.79 Å². The molecule has 106 valence electrons. The fourth-order valence-electron chi connectivity index (χ4n) is 1.69. The summed E-state index contributed by atoms with van der Waals surface area (Å²) in [6.07, 6.45) is 0. The second-order valence-corrected chi connectivity index (χ2v) is 4.46. The lowest BCUT2D eigenvalue weighted by Crippen LogP contribution is -2.36. The summed E-state index contributed by atoms with van der Waals surface area (Å²) in [5.41, 5.74) is 7.40. The number of nitrogens with zero attached hydrogens (tertiary/aromatic N) is 2. The zero-order valence-electron chi connectivity index (χ0n) is 12.1. The molecule has 1 aromatic carbocycles. The summed E-state index contributed by atoms with van der Waals surface area (Å²) in [7, 11) is 3.51. The number of nitrogen functional groups attached to an aromatic ring is 1. The lowest BCUT2D eigenvalue weighted by atomic mass is 10.2. The van der Waals surface area contributed by atoms with E-state index in [1.807, 2.05) is 36.9 Å². The number of nitrogens with two attached hydrogens (primary N) is 1. The molecular formula is C14H23N3O2. The molecule has 0 heterocycles. The molecule has 0 spiro atoms. The van der Waals surface area contributed by atoms with Crippen LogP contribution in [0, 0.1) is 0 Å². The van der Waals surface area contributed by atoms with Crippen LogP contribution in [0.4, 0.5) is 11.4 Å². The smallest absolute Gasteiger partial charge is 0.241 e. The van der Waals surface area contributed by atoms with E-state index in [1.54, 1.807) is 19.0 Å². The summed E-state index contributed by atoms with van der Waals surface area (Å²) >= 11 is 0. The molecule has 0 bridgehead atoms. The monoisotopic (exact) mass is 265 g/mol. The van der Waals surface area contributed by atoms with Gasteiger partial charge in [-0.3, -0.25) is 4.79 Å². The number of anilines is 2. The van der Waals surface area contributed by atoms with Crippen molar-refractivity contribution >= 4 is 17.3 Å². The summed E-state index contributed by atoms with van der Waals surface area (Å²) in [5, 5.41) is 0. The zero-order chi connectivity index (χ0) is 14.4. The van der Waals surface area contributed by atoms with Gasteiger partial charge in [0, 0.05) is 32.4 Å². The molecule has 0 saturated carbocycles. The van der Waals surface area contributed by atoms with Crippen molar-refractivity contribution in [2.45, 2.75) is 13.8 Å². The Morgan fingerprint density at radius 1 is 1.32 bits per heavy atom. The number of rotatable bonds is 6. The van der Waals surface area contributed by atoms with Gasteiger partial charge in [0.1, 0.15) is 5.75 Å². The van der Waals surface area contributed by atoms with Crippen molar-refractivity contribution in [2.24, 2.45) is 0 Å². The maximum Gasteiger partial charge on any atom is 0.241 e. The minimum Gasteiger partial charge on any atom is -0.492 e. The highest BCUT2D eigenvalue weighted by molar-refractivity contribution is 5.81. The Kier molecular flexibility index (Phi) is 5.48. The molecule has 1 rings (SSSR count). The average molecular weight is 265 g/mol. The Balaban J connectivity index is 2.92. The van der Waals surface area contributed by atoms with Gasteiger partial charge in [0.2, 0.25) is 5.91 Å². The molecular weight excluding hydrogens is 242 g/mol. The van der Waals surface area contributed by atoms with Crippen LogP contribution in [0.5, 0.6) is 5.75 Å². The van der Waals surface area contributed by atoms with Crippen molar-refractivity contribution in [3.05, 3.63) is 18.2 Å². The number of hydrogen-bond acceptors (Lipinski definition) is 4. The van der Waals surface area contributed by atoms with E-state index in [0.29, 0.717) is 24.6 Å². The number of carbonyl (C=O) groups is 1. The first-order valence-electron chi connectivity index (χ1n) is 6.47. The minimum atomic E-state index is 0.0663. The second-order valence-electron chi connectivity index (χ2n) is 4.46. The topological polar surface area (TPSA) is 58.8 Å². The van der Waals surface area contributed by atoms with E-state index in [-0.39, 0.29) is 5.91 Å². The molecule has 0 aromatic heterocycles. The first-order chi connectivity index (χ1) is 8.99. The van der Waals surface area contributed by atoms with Crippen LogP contribution in [0.25, 0.3) is 0 Å². The maximum atomic E-state index is 11.8. The summed E-state index contributed by atoms with van der Waals surface area (Å²) in [4.78, 5) is 15.4. The average Bonchev–Trinajstić information content (AvgIpc) is 2.38. The molecule has 19 heavy (non-hydrogen) atoms. The SMILES string of the molecule is CCOc1cc(N(CC)CC(=O)N(C)C)ccc1N. The van der Waals surface area contributed by atoms with Crippen molar-refractivity contribution < 1.29 is 9.53 Å². The molecule has 1 aromatic rings. The lowest BCUT2D eigenvalue weighted by Gasteiger charge is -2.25. The maximum absolute atomic E-state index is 11.8. The van der Waals surface area contributed by atoms with Crippen LogP contribution in [0.1, 0.15) is 13.8 Å². The fourth-order valence-corrected chi connectivity index (χ4v) is 1.69. The minimum absolute atomic E-state index is 0.0663. The summed E-state index contributed by atoms with van der Waals surface area (Å²) in [6.45, 7) is 5.59. The Morgan fingerprint density at radius 2 is 2.00 bits per heavy atom. The standard InChI is InChI=1S/C14H23N3O2/c1-5-17(10-14(18)16(3)4)11-7-8-12(15)13(9-11)19-6-2/h7-9H,5-6,10,15H2,1-4H3. The molecule has 2 N–H and O–H groups in total. The van der Waals surface area contributed by atoms with Gasteiger partial charge in [-0.05, 0) is 26.0 Å². The number of amides is 1. The third-order valence-electron chi connectivity index (χ3n) is 2.87. The van der Waals surface area contributed by atoms with Crippen molar-refractivity contribution in [2.75, 3.05) is 44.4 Å². The Bertz CT molecular complexity index is 433. The summed E-state index contributed by atoms with van der Waals surface area (Å²) in [5.74, 6) is 0.729. The lowest BCUT2D eigenvalue weighted by molar-refractivity contribution is -0.127. The Labute approximate surface area is 114 Å². The van der Waals surface area contributed by atoms with Gasteiger partial charge in [-0.15, -0.1) is 0 Å². The molecule has 0 saturated heterocycles. The molecule has 0 aliphatic rings. The van der Waals surface area contributed by atoms with Gasteiger partial charge >= 0.3 is 0 Å². The molecule has 0 atom stereocenters. The first kappa shape index (κ1) is 15.1. The number of carbonyl (C=O) groups excluding carboxylic acids is 1. The largest absolute Gasteiger partial charge is 0.492 e. The van der Waals surface area contributed by atoms with E-state index in [4.69, 9.17) is 10.5 Å². The number of likely N-dealkylation sites (N-methyl/N-ethyl adjacent to an activating group) is 2. The predicted molar refractivity (Wildman–Crippen MR) is 78.6 cm³/mol. The van der Waals surface area contributed by atoms with Gasteiger partial charge in [-0.25, -0.2) is 0 Å². The summed E-state index contributed by atoms with van der Waals surface area (Å²) in [6, 6.07) is 5.60. The third kappa shape index (κ3) is 4.05. The number of hydrogen-bond donors (Lipinski definition) is 1. The third-order valence-corrected chi connectivity index (χ3v) is 2.87. The Morgan fingerprint density at radius 3 is 2.53 bits per heavy atom. The van der Waals surface area contributed by atoms with Crippen LogP contribution in [-0.4, -0.2) is 44.6 Å². The second kappa shape index (κ2) is 6.87. The van der Waals surface area contributed by atoms with Gasteiger partial charge < -0.3 is 20.3 Å². The van der Waals surface area contributed by atoms with Gasteiger partial charge in [-0.2, -0.15) is 0 Å². The first-order valence-corrected chi connectivity index (χ1v) is 6.47. The van der Waals surface area contributed by atoms with Crippen LogP contribution in [0.15, 0.2) is 18.2 Å². The van der Waals surface area contributed by atoms with E-state index in [1.165, 1.54) is 0 Å². The van der Waals surface area contributed by atoms with Crippen molar-refractivity contribution in [3.8, 4) is 5.75 Å². The normalized spacial score (nSPS) is 10.1. The molecule has 1 amide bonds. The van der Waals surface area contributed by atoms with E-state index in [9.17, 15) is 4.79 Å². The molecule has 0 fully saturated rings.